The van der Waals surface area contributed by atoms with Crippen LogP contribution in [0.3, 0.4) is 0 Å². The van der Waals surface area contributed by atoms with Crippen molar-refractivity contribution in [2.75, 3.05) is 0 Å². The Kier molecular flexibility index (Phi) is 7.45. The minimum atomic E-state index is -2.08. The van der Waals surface area contributed by atoms with Crippen LogP contribution >= 0.6 is 0 Å². The van der Waals surface area contributed by atoms with E-state index >= 15 is 0 Å². The van der Waals surface area contributed by atoms with Gasteiger partial charge in [0.25, 0.3) is 0 Å². The second kappa shape index (κ2) is 9.38. The predicted molar refractivity (Wildman–Crippen MR) is 107 cm³/mol. The zero-order valence-electron chi connectivity index (χ0n) is 16.3. The molecular weight excluding hydrogens is 362 g/mol. The molecule has 0 aliphatic heterocycles. The Morgan fingerprint density at radius 3 is 1.48 bits per heavy atom. The molecule has 27 heavy (non-hydrogen) atoms. The molecule has 0 spiro atoms. The van der Waals surface area contributed by atoms with Gasteiger partial charge in [0, 0.05) is 12.8 Å². The van der Waals surface area contributed by atoms with Crippen LogP contribution in [-0.2, 0) is 22.1 Å². The number of carbonyl (C=O) groups is 1. The van der Waals surface area contributed by atoms with Crippen molar-refractivity contribution >= 4 is 14.6 Å². The van der Waals surface area contributed by atoms with E-state index in [0.29, 0.717) is 12.8 Å². The van der Waals surface area contributed by atoms with Gasteiger partial charge < -0.3 is 9.22 Å². The van der Waals surface area contributed by atoms with Crippen molar-refractivity contribution in [3.63, 3.8) is 0 Å². The fraction of sp³-hybridized carbons (Fsp3) is 0.409. The zero-order chi connectivity index (χ0) is 19.9. The van der Waals surface area contributed by atoms with E-state index in [1.165, 1.54) is 24.3 Å². The molecule has 0 atom stereocenters. The van der Waals surface area contributed by atoms with Crippen molar-refractivity contribution in [1.29, 1.82) is 0 Å². The monoisotopic (exact) mass is 390 g/mol. The molecule has 0 saturated carbocycles. The van der Waals surface area contributed by atoms with E-state index in [0.717, 1.165) is 35.5 Å². The lowest BCUT2D eigenvalue weighted by molar-refractivity contribution is -0.122. The summed E-state index contributed by atoms with van der Waals surface area (Å²) >= 11 is 0. The summed E-state index contributed by atoms with van der Waals surface area (Å²) in [5.74, 6) is -0.622. The third-order valence-electron chi connectivity index (χ3n) is 5.40. The van der Waals surface area contributed by atoms with E-state index in [1.807, 2.05) is 0 Å². The molecule has 2 rings (SSSR count). The van der Waals surface area contributed by atoms with E-state index in [2.05, 4.69) is 20.8 Å². The first-order chi connectivity index (χ1) is 12.9. The number of hydrogen-bond donors (Lipinski definition) is 0. The molecule has 0 heterocycles. The highest BCUT2D eigenvalue weighted by molar-refractivity contribution is 6.73. The van der Waals surface area contributed by atoms with E-state index in [1.54, 1.807) is 24.3 Å². The lowest BCUT2D eigenvalue weighted by atomic mass is 9.89. The predicted octanol–water partition coefficient (Wildman–Crippen LogP) is 5.71. The minimum absolute atomic E-state index is 0.311. The van der Waals surface area contributed by atoms with Crippen molar-refractivity contribution in [2.24, 2.45) is 0 Å². The van der Waals surface area contributed by atoms with Gasteiger partial charge in [0.2, 0.25) is 0 Å². The number of aldehydes is 1. The van der Waals surface area contributed by atoms with E-state index in [9.17, 15) is 13.6 Å². The van der Waals surface area contributed by atoms with Gasteiger partial charge in [0.1, 0.15) is 17.2 Å². The Hall–Kier alpha value is -1.85. The summed E-state index contributed by atoms with van der Waals surface area (Å²) in [4.78, 5) is 12.3. The van der Waals surface area contributed by atoms with Crippen LogP contribution in [0.5, 0.6) is 0 Å². The number of carbonyl (C=O) groups excluding carboxylic acids is 1. The van der Waals surface area contributed by atoms with E-state index in [-0.39, 0.29) is 11.6 Å². The van der Waals surface area contributed by atoms with Crippen molar-refractivity contribution in [3.05, 3.63) is 71.3 Å². The molecule has 0 radical (unpaired) electrons. The summed E-state index contributed by atoms with van der Waals surface area (Å²) in [6.45, 7) is 6.35. The van der Waals surface area contributed by atoms with Crippen LogP contribution < -0.4 is 0 Å². The Labute approximate surface area is 161 Å². The van der Waals surface area contributed by atoms with Crippen LogP contribution in [0.25, 0.3) is 0 Å². The van der Waals surface area contributed by atoms with Gasteiger partial charge in [-0.05, 0) is 53.5 Å². The molecule has 0 aromatic heterocycles. The average molecular weight is 391 g/mol. The molecule has 146 valence electrons. The second-order valence-electron chi connectivity index (χ2n) is 7.13. The Bertz CT molecular complexity index is 669. The van der Waals surface area contributed by atoms with Crippen molar-refractivity contribution in [2.45, 2.75) is 57.3 Å². The van der Waals surface area contributed by atoms with Gasteiger partial charge in [0.15, 0.2) is 14.6 Å². The molecule has 2 aromatic rings. The smallest absolute Gasteiger partial charge is 0.193 e. The van der Waals surface area contributed by atoms with Gasteiger partial charge in [-0.1, -0.05) is 45.0 Å². The fourth-order valence-electron chi connectivity index (χ4n) is 3.54. The van der Waals surface area contributed by atoms with Gasteiger partial charge in [-0.3, -0.25) is 0 Å². The first kappa shape index (κ1) is 21.4. The molecular formula is C22H28F2O2Si. The largest absolute Gasteiger partial charge is 0.404 e. The van der Waals surface area contributed by atoms with Gasteiger partial charge in [-0.25, -0.2) is 8.78 Å². The SMILES string of the molecule is CC[Si](CC)(CC)OC(C=O)(Cc1ccc(F)cc1)Cc1ccc(F)cc1. The molecule has 0 aliphatic rings. The normalized spacial score (nSPS) is 12.2. The van der Waals surface area contributed by atoms with Gasteiger partial charge >= 0.3 is 0 Å². The molecule has 0 amide bonds. The topological polar surface area (TPSA) is 26.3 Å². The van der Waals surface area contributed by atoms with Crippen LogP contribution in [0, 0.1) is 11.6 Å². The number of hydrogen-bond acceptors (Lipinski definition) is 2. The molecule has 0 saturated heterocycles. The standard InChI is InChI=1S/C22H28F2O2Si/c1-4-27(5-2,6-3)26-22(17-25,15-18-7-11-20(23)12-8-18)16-19-9-13-21(24)14-10-19/h7-14,17H,4-6,15-16H2,1-3H3. The number of halogens is 2. The molecule has 0 fully saturated rings. The van der Waals surface area contributed by atoms with Crippen LogP contribution in [0.2, 0.25) is 18.1 Å². The van der Waals surface area contributed by atoms with Crippen LogP contribution in [0.1, 0.15) is 31.9 Å². The highest BCUT2D eigenvalue weighted by Crippen LogP contribution is 2.32. The minimum Gasteiger partial charge on any atom is -0.404 e. The summed E-state index contributed by atoms with van der Waals surface area (Å²) in [5, 5.41) is 0. The second-order valence-corrected chi connectivity index (χ2v) is 11.8. The first-order valence-corrected chi connectivity index (χ1v) is 12.1. The van der Waals surface area contributed by atoms with Gasteiger partial charge in [-0.2, -0.15) is 0 Å². The van der Waals surface area contributed by atoms with Gasteiger partial charge in [-0.15, -0.1) is 0 Å². The molecule has 2 nitrogen and oxygen atoms in total. The molecule has 5 heteroatoms. The lowest BCUT2D eigenvalue weighted by Crippen LogP contribution is -2.51. The average Bonchev–Trinajstić information content (AvgIpc) is 2.70. The summed E-state index contributed by atoms with van der Waals surface area (Å²) in [6.07, 6.45) is 1.62. The molecule has 0 N–H and O–H groups in total. The third kappa shape index (κ3) is 5.56. The Balaban J connectivity index is 2.41. The molecule has 0 bridgehead atoms. The van der Waals surface area contributed by atoms with E-state index < -0.39 is 13.9 Å². The quantitative estimate of drug-likeness (QED) is 0.384. The summed E-state index contributed by atoms with van der Waals surface area (Å²) < 4.78 is 33.3. The molecule has 0 aliphatic carbocycles. The lowest BCUT2D eigenvalue weighted by Gasteiger charge is -2.39. The van der Waals surface area contributed by atoms with E-state index in [4.69, 9.17) is 4.43 Å². The number of benzene rings is 2. The van der Waals surface area contributed by atoms with Crippen molar-refractivity contribution < 1.29 is 18.0 Å². The Morgan fingerprint density at radius 2 is 1.19 bits per heavy atom. The van der Waals surface area contributed by atoms with Crippen LogP contribution in [-0.4, -0.2) is 20.2 Å². The van der Waals surface area contributed by atoms with Crippen LogP contribution in [0.4, 0.5) is 8.78 Å². The fourth-order valence-corrected chi connectivity index (χ4v) is 6.52. The summed E-state index contributed by atoms with van der Waals surface area (Å²) in [5.41, 5.74) is 0.651. The maximum Gasteiger partial charge on any atom is 0.193 e. The highest BCUT2D eigenvalue weighted by Gasteiger charge is 2.41. The summed E-state index contributed by atoms with van der Waals surface area (Å²) in [7, 11) is -2.08. The first-order valence-electron chi connectivity index (χ1n) is 9.55. The highest BCUT2D eigenvalue weighted by atomic mass is 28.4. The third-order valence-corrected chi connectivity index (χ3v) is 10.1. The van der Waals surface area contributed by atoms with Crippen LogP contribution in [0.15, 0.2) is 48.5 Å². The summed E-state index contributed by atoms with van der Waals surface area (Å²) in [6, 6.07) is 15.1. The van der Waals surface area contributed by atoms with Crippen molar-refractivity contribution in [1.82, 2.24) is 0 Å². The molecule has 0 unspecified atom stereocenters. The van der Waals surface area contributed by atoms with Gasteiger partial charge in [0.05, 0.1) is 0 Å². The maximum atomic E-state index is 13.3. The van der Waals surface area contributed by atoms with Crippen molar-refractivity contribution in [3.8, 4) is 0 Å². The number of rotatable bonds is 10. The molecule has 2 aromatic carbocycles. The maximum absolute atomic E-state index is 13.3. The zero-order valence-corrected chi connectivity index (χ0v) is 17.3. The Morgan fingerprint density at radius 1 is 0.815 bits per heavy atom.